The van der Waals surface area contributed by atoms with E-state index in [0.29, 0.717) is 0 Å². The molecule has 1 aliphatic carbocycles. The zero-order valence-corrected chi connectivity index (χ0v) is 29.5. The Morgan fingerprint density at radius 3 is 2.39 bits per heavy atom. The van der Waals surface area contributed by atoms with Gasteiger partial charge in [0.05, 0.1) is 27.8 Å². The molecule has 0 unspecified atom stereocenters. The maximum atomic E-state index is 5.55. The fourth-order valence-electron chi connectivity index (χ4n) is 9.46. The normalized spacial score (nSPS) is 14.5. The lowest BCUT2D eigenvalue weighted by Crippen LogP contribution is -2.26. The monoisotopic (exact) mass is 762 g/mol. The number of fused-ring (bicyclic) bond motifs is 8. The quantitative estimate of drug-likeness (QED) is 0.170. The fourth-order valence-corrected chi connectivity index (χ4v) is 12.4. The molecule has 0 saturated heterocycles. The summed E-state index contributed by atoms with van der Waals surface area (Å²) in [4.78, 5) is 9.19. The van der Waals surface area contributed by atoms with Gasteiger partial charge in [-0.25, -0.2) is 4.99 Å². The molecule has 5 heterocycles. The molecule has 13 rings (SSSR count). The highest BCUT2D eigenvalue weighted by Crippen LogP contribution is 2.48. The molecular formula is C46H27IN4. The molecule has 0 amide bonds. The molecule has 0 fully saturated rings. The summed E-state index contributed by atoms with van der Waals surface area (Å²) >= 11 is -0.570. The molecule has 51 heavy (non-hydrogen) atoms. The number of aliphatic imine (C=N–C) groups is 1. The second kappa shape index (κ2) is 9.50. The maximum absolute atomic E-state index is 5.55. The van der Waals surface area contributed by atoms with Crippen LogP contribution in [0.25, 0.3) is 81.6 Å². The molecule has 4 nitrogen and oxygen atoms in total. The molecule has 0 saturated carbocycles. The predicted molar refractivity (Wildman–Crippen MR) is 223 cm³/mol. The van der Waals surface area contributed by atoms with Gasteiger partial charge >= 0.3 is 0 Å². The largest absolute Gasteiger partial charge is 0.355 e. The van der Waals surface area contributed by atoms with Crippen LogP contribution >= 0.6 is 20.7 Å². The second-order valence-electron chi connectivity index (χ2n) is 14.1. The molecule has 2 aliphatic rings. The fraction of sp³-hybridized carbons (Fsp3) is 0.0435. The van der Waals surface area contributed by atoms with Gasteiger partial charge < -0.3 is 14.0 Å². The van der Waals surface area contributed by atoms with Gasteiger partial charge in [0.1, 0.15) is 9.34 Å². The number of hydrogen-bond donors (Lipinski definition) is 1. The first-order valence-electron chi connectivity index (χ1n) is 17.7. The number of nitrogens with one attached hydrogen (secondary N) is 1. The van der Waals surface area contributed by atoms with Crippen molar-refractivity contribution in [3.8, 4) is 0 Å². The SMILES string of the molecule is c1ccc2c(c1)N=C(c1ccc3[nH]c4ccccc4c3c1)C(n1c3c4c5c(ccc6cccc(c65)n5c6ccccc6c6ccc1c4c65)CC3)=I2. The molecule has 0 atom stereocenters. The number of aromatic nitrogens is 3. The Labute approximate surface area is 301 Å². The number of halogens is 1. The minimum absolute atomic E-state index is 0.570. The van der Waals surface area contributed by atoms with E-state index >= 15 is 0 Å². The van der Waals surface area contributed by atoms with Gasteiger partial charge in [-0.3, -0.25) is 0 Å². The van der Waals surface area contributed by atoms with Gasteiger partial charge in [-0.05, 0) is 77.7 Å². The molecule has 5 heteroatoms. The summed E-state index contributed by atoms with van der Waals surface area (Å²) in [6.07, 6.45) is 2.02. The van der Waals surface area contributed by atoms with E-state index < -0.39 is 20.7 Å². The first-order valence-corrected chi connectivity index (χ1v) is 19.8. The molecule has 0 bridgehead atoms. The molecule has 1 N–H and O–H groups in total. The zero-order valence-electron chi connectivity index (χ0n) is 27.3. The second-order valence-corrected chi connectivity index (χ2v) is 16.8. The minimum atomic E-state index is -0.570. The number of benzene rings is 7. The number of H-pyrrole nitrogens is 1. The van der Waals surface area contributed by atoms with Crippen molar-refractivity contribution in [3.05, 3.63) is 154 Å². The lowest BCUT2D eigenvalue weighted by atomic mass is 9.90. The Hall–Kier alpha value is -5.79. The number of rotatable bonds is 2. The van der Waals surface area contributed by atoms with Crippen LogP contribution in [0.4, 0.5) is 5.69 Å². The summed E-state index contributed by atoms with van der Waals surface area (Å²) in [5.74, 6) is 0. The average Bonchev–Trinajstić information content (AvgIpc) is 3.81. The van der Waals surface area contributed by atoms with E-state index in [4.69, 9.17) is 4.99 Å². The molecule has 1 aliphatic heterocycles. The number of aromatic amines is 1. The summed E-state index contributed by atoms with van der Waals surface area (Å²) in [6, 6.07) is 49.7. The van der Waals surface area contributed by atoms with Gasteiger partial charge in [0.2, 0.25) is 0 Å². The first kappa shape index (κ1) is 27.0. The molecule has 11 aromatic rings. The van der Waals surface area contributed by atoms with Crippen molar-refractivity contribution < 1.29 is 0 Å². The minimum Gasteiger partial charge on any atom is -0.355 e. The van der Waals surface area contributed by atoms with Crippen molar-refractivity contribution in [1.82, 2.24) is 14.0 Å². The van der Waals surface area contributed by atoms with E-state index in [1.165, 1.54) is 100 Å². The topological polar surface area (TPSA) is 37.5 Å². The van der Waals surface area contributed by atoms with Crippen LogP contribution < -0.4 is 0 Å². The van der Waals surface area contributed by atoms with Crippen molar-refractivity contribution in [2.24, 2.45) is 4.99 Å². The summed E-state index contributed by atoms with van der Waals surface area (Å²) in [5, 5.41) is 12.1. The van der Waals surface area contributed by atoms with Crippen LogP contribution in [0.5, 0.6) is 0 Å². The Balaban J connectivity index is 1.22. The van der Waals surface area contributed by atoms with Crippen molar-refractivity contribution in [1.29, 1.82) is 0 Å². The van der Waals surface area contributed by atoms with Crippen molar-refractivity contribution >= 4 is 117 Å². The van der Waals surface area contributed by atoms with Crippen molar-refractivity contribution in [3.63, 3.8) is 0 Å². The highest BCUT2D eigenvalue weighted by Gasteiger charge is 2.31. The molecule has 4 aromatic heterocycles. The highest BCUT2D eigenvalue weighted by molar-refractivity contribution is 14.2. The third-order valence-electron chi connectivity index (χ3n) is 11.5. The highest BCUT2D eigenvalue weighted by atomic mass is 127. The van der Waals surface area contributed by atoms with E-state index in [0.717, 1.165) is 29.8 Å². The Kier molecular flexibility index (Phi) is 5.03. The smallest absolute Gasteiger partial charge is 0.106 e. The summed E-state index contributed by atoms with van der Waals surface area (Å²) in [5.41, 5.74) is 13.8. The third-order valence-corrected chi connectivity index (χ3v) is 14.5. The van der Waals surface area contributed by atoms with Crippen molar-refractivity contribution in [2.45, 2.75) is 12.8 Å². The van der Waals surface area contributed by atoms with Crippen LogP contribution in [0.15, 0.2) is 138 Å². The van der Waals surface area contributed by atoms with E-state index in [2.05, 4.69) is 147 Å². The van der Waals surface area contributed by atoms with Gasteiger partial charge in [-0.15, -0.1) is 0 Å². The number of para-hydroxylation sites is 3. The van der Waals surface area contributed by atoms with Crippen LogP contribution in [0, 0.1) is 3.57 Å². The van der Waals surface area contributed by atoms with Gasteiger partial charge in [-0.2, -0.15) is 0 Å². The van der Waals surface area contributed by atoms with Crippen LogP contribution in [-0.4, -0.2) is 23.3 Å². The molecular weight excluding hydrogens is 735 g/mol. The summed E-state index contributed by atoms with van der Waals surface area (Å²) in [7, 11) is 0. The van der Waals surface area contributed by atoms with Crippen LogP contribution in [0.3, 0.4) is 0 Å². The first-order chi connectivity index (χ1) is 25.3. The average molecular weight is 763 g/mol. The van der Waals surface area contributed by atoms with Crippen LogP contribution in [-0.2, 0) is 12.8 Å². The van der Waals surface area contributed by atoms with Gasteiger partial charge in [0.15, 0.2) is 0 Å². The Morgan fingerprint density at radius 1 is 0.569 bits per heavy atom. The zero-order chi connectivity index (χ0) is 32.9. The summed E-state index contributed by atoms with van der Waals surface area (Å²) in [6.45, 7) is 0. The van der Waals surface area contributed by atoms with Crippen LogP contribution in [0.1, 0.15) is 16.8 Å². The van der Waals surface area contributed by atoms with E-state index in [1.54, 1.807) is 0 Å². The van der Waals surface area contributed by atoms with Crippen LogP contribution in [0.2, 0.25) is 0 Å². The predicted octanol–water partition coefficient (Wildman–Crippen LogP) is 11.6. The van der Waals surface area contributed by atoms with E-state index in [9.17, 15) is 0 Å². The lowest BCUT2D eigenvalue weighted by Gasteiger charge is -2.23. The van der Waals surface area contributed by atoms with E-state index in [-0.39, 0.29) is 0 Å². The Bertz CT molecular complexity index is 3420. The molecule has 0 spiro atoms. The number of aryl methyl sites for hydroxylation is 2. The van der Waals surface area contributed by atoms with Gasteiger partial charge in [-0.1, -0.05) is 106 Å². The van der Waals surface area contributed by atoms with E-state index in [1.807, 2.05) is 0 Å². The van der Waals surface area contributed by atoms with Crippen molar-refractivity contribution in [2.75, 3.05) is 0 Å². The number of nitrogens with zero attached hydrogens (tertiary/aromatic N) is 3. The Morgan fingerprint density at radius 2 is 1.41 bits per heavy atom. The standard InChI is InChI=1S/C46H27IN4/c1-4-12-33-28(9-1)31-24-27(18-21-34(31)48-33)44-46(47-32-11-3-5-13-35(32)49-44)51-38-22-19-26-17-16-25-8-7-15-37-40(25)41(26)42(38)43-39(51)23-20-30-29-10-2-6-14-36(29)50(37)45(30)43/h1-18,20-21,23-24,48H,19,22H2. The third kappa shape index (κ3) is 3.36. The maximum Gasteiger partial charge on any atom is 0.106 e. The molecule has 238 valence electrons. The van der Waals surface area contributed by atoms with Gasteiger partial charge in [0, 0.05) is 63.6 Å². The lowest BCUT2D eigenvalue weighted by molar-refractivity contribution is 0.909. The number of hydrogen-bond acceptors (Lipinski definition) is 1. The van der Waals surface area contributed by atoms with Gasteiger partial charge in [0.25, 0.3) is 0 Å². The molecule has 0 radical (unpaired) electrons. The summed E-state index contributed by atoms with van der Waals surface area (Å²) < 4.78 is 8.01. The molecule has 7 aromatic carbocycles.